The van der Waals surface area contributed by atoms with Gasteiger partial charge in [-0.25, -0.2) is 0 Å². The molecule has 0 amide bonds. The highest BCUT2D eigenvalue weighted by Gasteiger charge is 2.10. The molecule has 0 spiro atoms. The van der Waals surface area contributed by atoms with Crippen LogP contribution in [0.15, 0.2) is 36.4 Å². The van der Waals surface area contributed by atoms with E-state index >= 15 is 0 Å². The lowest BCUT2D eigenvalue weighted by Gasteiger charge is -2.09. The van der Waals surface area contributed by atoms with Crippen molar-refractivity contribution < 1.29 is 0 Å². The van der Waals surface area contributed by atoms with Crippen LogP contribution in [0.5, 0.6) is 0 Å². The van der Waals surface area contributed by atoms with Crippen LogP contribution in [0.1, 0.15) is 69.9 Å². The maximum Gasteiger partial charge on any atom is 0.0500 e. The van der Waals surface area contributed by atoms with Crippen molar-refractivity contribution in [2.24, 2.45) is 0 Å². The van der Waals surface area contributed by atoms with Crippen molar-refractivity contribution in [2.75, 3.05) is 0 Å². The molecule has 0 unspecified atom stereocenters. The van der Waals surface area contributed by atoms with Crippen molar-refractivity contribution >= 4 is 21.8 Å². The van der Waals surface area contributed by atoms with E-state index in [1.165, 1.54) is 78.7 Å². The molecule has 24 heavy (non-hydrogen) atoms. The van der Waals surface area contributed by atoms with Crippen LogP contribution in [0.3, 0.4) is 0 Å². The summed E-state index contributed by atoms with van der Waals surface area (Å²) in [6, 6.07) is 13.4. The zero-order valence-electron chi connectivity index (χ0n) is 15.3. The van der Waals surface area contributed by atoms with Crippen LogP contribution < -0.4 is 0 Å². The van der Waals surface area contributed by atoms with Gasteiger partial charge in [-0.05, 0) is 36.5 Å². The fraction of sp³-hybridized carbons (Fsp3) is 0.478. The molecule has 0 saturated carbocycles. The normalized spacial score (nSPS) is 11.6. The maximum atomic E-state index is 3.66. The molecule has 0 aliphatic rings. The van der Waals surface area contributed by atoms with Gasteiger partial charge in [-0.15, -0.1) is 0 Å². The van der Waals surface area contributed by atoms with Gasteiger partial charge >= 0.3 is 0 Å². The third kappa shape index (κ3) is 3.66. The summed E-state index contributed by atoms with van der Waals surface area (Å²) in [5, 5.41) is 2.73. The van der Waals surface area contributed by atoms with Crippen LogP contribution in [-0.4, -0.2) is 4.98 Å². The van der Waals surface area contributed by atoms with Crippen molar-refractivity contribution in [2.45, 2.75) is 71.6 Å². The Morgan fingerprint density at radius 1 is 0.750 bits per heavy atom. The lowest BCUT2D eigenvalue weighted by atomic mass is 9.96. The predicted octanol–water partition coefficient (Wildman–Crippen LogP) is 7.18. The molecule has 128 valence electrons. The Hall–Kier alpha value is -1.76. The molecule has 0 radical (unpaired) electrons. The van der Waals surface area contributed by atoms with Gasteiger partial charge in [0.1, 0.15) is 0 Å². The molecule has 1 aromatic heterocycles. The van der Waals surface area contributed by atoms with Crippen molar-refractivity contribution in [1.29, 1.82) is 0 Å². The van der Waals surface area contributed by atoms with Gasteiger partial charge < -0.3 is 4.98 Å². The summed E-state index contributed by atoms with van der Waals surface area (Å²) in [6.45, 7) is 4.57. The van der Waals surface area contributed by atoms with E-state index in [2.05, 4.69) is 55.2 Å². The Kier molecular flexibility index (Phi) is 5.96. The highest BCUT2D eigenvalue weighted by atomic mass is 14.7. The van der Waals surface area contributed by atoms with Crippen LogP contribution in [0, 0.1) is 0 Å². The Morgan fingerprint density at radius 2 is 1.50 bits per heavy atom. The molecule has 0 bridgehead atoms. The molecule has 0 aliphatic carbocycles. The Bertz CT molecular complexity index is 781. The summed E-state index contributed by atoms with van der Waals surface area (Å²) < 4.78 is 0. The Morgan fingerprint density at radius 3 is 2.29 bits per heavy atom. The fourth-order valence-corrected chi connectivity index (χ4v) is 3.93. The molecule has 0 atom stereocenters. The average Bonchev–Trinajstić information content (AvgIpc) is 2.99. The minimum absolute atomic E-state index is 1.11. The highest BCUT2D eigenvalue weighted by molar-refractivity contribution is 6.08. The van der Waals surface area contributed by atoms with E-state index in [1.54, 1.807) is 5.56 Å². The molecule has 0 aliphatic heterocycles. The first-order valence-electron chi connectivity index (χ1n) is 9.86. The van der Waals surface area contributed by atoms with Crippen molar-refractivity contribution in [1.82, 2.24) is 4.98 Å². The quantitative estimate of drug-likeness (QED) is 0.402. The van der Waals surface area contributed by atoms with Gasteiger partial charge in [-0.2, -0.15) is 0 Å². The SMILES string of the molecule is CCCCCCCCCc1ccc2c([nH]c3ccccc32)c1CC. The molecule has 3 aromatic rings. The fourth-order valence-electron chi connectivity index (χ4n) is 3.93. The minimum Gasteiger partial charge on any atom is -0.354 e. The number of hydrogen-bond acceptors (Lipinski definition) is 0. The van der Waals surface area contributed by atoms with Crippen molar-refractivity contribution in [3.05, 3.63) is 47.5 Å². The largest absolute Gasteiger partial charge is 0.354 e. The average molecular weight is 322 g/mol. The third-order valence-corrected chi connectivity index (χ3v) is 5.29. The third-order valence-electron chi connectivity index (χ3n) is 5.29. The van der Waals surface area contributed by atoms with Gasteiger partial charge in [0.05, 0.1) is 0 Å². The summed E-state index contributed by atoms with van der Waals surface area (Å²) in [5.41, 5.74) is 5.69. The highest BCUT2D eigenvalue weighted by Crippen LogP contribution is 2.30. The van der Waals surface area contributed by atoms with Gasteiger partial charge in [-0.3, -0.25) is 0 Å². The van der Waals surface area contributed by atoms with Crippen molar-refractivity contribution in [3.63, 3.8) is 0 Å². The van der Waals surface area contributed by atoms with Gasteiger partial charge in [0, 0.05) is 21.8 Å². The molecule has 3 rings (SSSR count). The first kappa shape index (κ1) is 17.1. The zero-order chi connectivity index (χ0) is 16.8. The maximum absolute atomic E-state index is 3.66. The van der Waals surface area contributed by atoms with E-state index in [0.29, 0.717) is 0 Å². The van der Waals surface area contributed by atoms with Gasteiger partial charge in [0.15, 0.2) is 0 Å². The lowest BCUT2D eigenvalue weighted by Crippen LogP contribution is -1.95. The summed E-state index contributed by atoms with van der Waals surface area (Å²) >= 11 is 0. The second-order valence-electron chi connectivity index (χ2n) is 7.02. The smallest absolute Gasteiger partial charge is 0.0500 e. The Labute approximate surface area is 146 Å². The number of aromatic nitrogens is 1. The summed E-state index contributed by atoms with van der Waals surface area (Å²) in [5.74, 6) is 0. The number of nitrogens with one attached hydrogen (secondary N) is 1. The lowest BCUT2D eigenvalue weighted by molar-refractivity contribution is 0.589. The van der Waals surface area contributed by atoms with Crippen LogP contribution in [0.4, 0.5) is 0 Å². The predicted molar refractivity (Wildman–Crippen MR) is 107 cm³/mol. The summed E-state index contributed by atoms with van der Waals surface area (Å²) in [4.78, 5) is 3.66. The standard InChI is InChI=1S/C23H31N/c1-3-5-6-7-8-9-10-13-18-16-17-21-20-14-11-12-15-22(20)24-23(21)19(18)4-2/h11-12,14-17,24H,3-10,13H2,1-2H3. The van der Waals surface area contributed by atoms with E-state index in [9.17, 15) is 0 Å². The number of aromatic amines is 1. The number of fused-ring (bicyclic) bond motifs is 3. The molecule has 0 saturated heterocycles. The number of aryl methyl sites for hydroxylation is 2. The number of hydrogen-bond donors (Lipinski definition) is 1. The number of unbranched alkanes of at least 4 members (excludes halogenated alkanes) is 6. The van der Waals surface area contributed by atoms with Gasteiger partial charge in [-0.1, -0.05) is 82.7 Å². The van der Waals surface area contributed by atoms with E-state index in [0.717, 1.165) is 6.42 Å². The van der Waals surface area contributed by atoms with E-state index in [-0.39, 0.29) is 0 Å². The van der Waals surface area contributed by atoms with Crippen LogP contribution in [0.2, 0.25) is 0 Å². The molecular formula is C23H31N. The number of H-pyrrole nitrogens is 1. The van der Waals surface area contributed by atoms with Crippen LogP contribution >= 0.6 is 0 Å². The molecule has 1 heteroatoms. The first-order valence-corrected chi connectivity index (χ1v) is 9.86. The second kappa shape index (κ2) is 8.37. The minimum atomic E-state index is 1.11. The first-order chi connectivity index (χ1) is 11.8. The molecule has 0 fully saturated rings. The van der Waals surface area contributed by atoms with Crippen LogP contribution in [0.25, 0.3) is 21.8 Å². The summed E-state index contributed by atoms with van der Waals surface area (Å²) in [6.07, 6.45) is 12.0. The van der Waals surface area contributed by atoms with E-state index in [1.807, 2.05) is 0 Å². The van der Waals surface area contributed by atoms with Crippen LogP contribution in [-0.2, 0) is 12.8 Å². The van der Waals surface area contributed by atoms with Gasteiger partial charge in [0.25, 0.3) is 0 Å². The monoisotopic (exact) mass is 321 g/mol. The van der Waals surface area contributed by atoms with E-state index in [4.69, 9.17) is 0 Å². The molecule has 2 aromatic carbocycles. The Balaban J connectivity index is 1.71. The van der Waals surface area contributed by atoms with Gasteiger partial charge in [0.2, 0.25) is 0 Å². The number of rotatable bonds is 9. The molecule has 1 nitrogen and oxygen atoms in total. The molecule has 1 heterocycles. The number of para-hydroxylation sites is 1. The topological polar surface area (TPSA) is 15.8 Å². The summed E-state index contributed by atoms with van der Waals surface area (Å²) in [7, 11) is 0. The van der Waals surface area contributed by atoms with Crippen molar-refractivity contribution in [3.8, 4) is 0 Å². The second-order valence-corrected chi connectivity index (χ2v) is 7.02. The van der Waals surface area contributed by atoms with E-state index < -0.39 is 0 Å². The molecular weight excluding hydrogens is 290 g/mol. The zero-order valence-corrected chi connectivity index (χ0v) is 15.3. The molecule has 1 N–H and O–H groups in total. The number of benzene rings is 2.